The van der Waals surface area contributed by atoms with Gasteiger partial charge < -0.3 is 13.9 Å². The van der Waals surface area contributed by atoms with Gasteiger partial charge in [-0.3, -0.25) is 4.57 Å². The smallest absolute Gasteiger partial charge is 0.267 e. The first kappa shape index (κ1) is 31.7. The monoisotopic (exact) mass is 454 g/mol. The minimum absolute atomic E-state index is 0.120. The van der Waals surface area contributed by atoms with E-state index in [1.54, 1.807) is 31.6 Å². The van der Waals surface area contributed by atoms with Gasteiger partial charge in [-0.1, -0.05) is 79.1 Å². The van der Waals surface area contributed by atoms with Gasteiger partial charge >= 0.3 is 0 Å². The van der Waals surface area contributed by atoms with E-state index in [1.807, 2.05) is 0 Å². The van der Waals surface area contributed by atoms with Crippen LogP contribution in [0.4, 0.5) is 0 Å². The highest BCUT2D eigenvalue weighted by molar-refractivity contribution is 7.75. The Morgan fingerprint density at radius 1 is 0.655 bits per heavy atom. The molecule has 0 radical (unpaired) electrons. The predicted octanol–water partition coefficient (Wildman–Crippen LogP) is 7.90. The third kappa shape index (κ3) is 20.2. The van der Waals surface area contributed by atoms with Gasteiger partial charge in [0.05, 0.1) is 31.3 Å². The first-order valence-electron chi connectivity index (χ1n) is 12.2. The Kier molecular flexibility index (Phi) is 23.8. The average Bonchev–Trinajstić information content (AvgIpc) is 2.69. The van der Waals surface area contributed by atoms with Gasteiger partial charge in [0.2, 0.25) is 0 Å². The number of rotatable bonds is 19. The second-order valence-corrected chi connectivity index (χ2v) is 14.1. The highest BCUT2D eigenvalue weighted by atomic mass is 31.2. The molecule has 178 valence electrons. The summed E-state index contributed by atoms with van der Waals surface area (Å²) in [5, 5.41) is 0. The molecule has 0 aromatic carbocycles. The van der Waals surface area contributed by atoms with Gasteiger partial charge in [-0.25, -0.2) is 0 Å². The maximum absolute atomic E-state index is 10.2. The molecule has 6 heteroatoms. The summed E-state index contributed by atoms with van der Waals surface area (Å²) < 4.78 is 18.3. The fourth-order valence-electron chi connectivity index (χ4n) is 3.67. The van der Waals surface area contributed by atoms with Crippen LogP contribution >= 0.6 is 15.1 Å². The zero-order valence-corrected chi connectivity index (χ0v) is 22.3. The molecule has 0 spiro atoms. The summed E-state index contributed by atoms with van der Waals surface area (Å²) in [6, 6.07) is 0. The van der Waals surface area contributed by atoms with E-state index in [9.17, 15) is 9.46 Å². The van der Waals surface area contributed by atoms with Crippen LogP contribution in [0.2, 0.25) is 0 Å². The number of phosphoric ester groups is 1. The summed E-state index contributed by atoms with van der Waals surface area (Å²) in [5.41, 5.74) is 0. The molecular weight excluding hydrogens is 402 g/mol. The zero-order chi connectivity index (χ0) is 22.4. The summed E-state index contributed by atoms with van der Waals surface area (Å²) in [7, 11) is -3.48. The van der Waals surface area contributed by atoms with Gasteiger partial charge in [0, 0.05) is 14.4 Å². The van der Waals surface area contributed by atoms with Crippen molar-refractivity contribution < 1.29 is 18.5 Å². The molecule has 29 heavy (non-hydrogen) atoms. The van der Waals surface area contributed by atoms with E-state index in [1.165, 1.54) is 77.0 Å². The lowest BCUT2D eigenvalue weighted by Crippen LogP contribution is -2.13. The lowest BCUT2D eigenvalue weighted by atomic mass is 10.3. The van der Waals surface area contributed by atoms with Crippen molar-refractivity contribution in [1.29, 1.82) is 0 Å². The highest BCUT2D eigenvalue weighted by Crippen LogP contribution is 2.61. The molecule has 0 fully saturated rings. The van der Waals surface area contributed by atoms with Crippen molar-refractivity contribution in [3.05, 3.63) is 0 Å². The van der Waals surface area contributed by atoms with Crippen LogP contribution in [0.1, 0.15) is 112 Å². The normalized spacial score (nSPS) is 13.6. The molecule has 0 aliphatic rings. The van der Waals surface area contributed by atoms with Crippen molar-refractivity contribution in [3.63, 3.8) is 0 Å². The van der Waals surface area contributed by atoms with E-state index in [0.29, 0.717) is 0 Å². The maximum Gasteiger partial charge on any atom is 0.267 e. The maximum atomic E-state index is 10.2. The van der Waals surface area contributed by atoms with Crippen molar-refractivity contribution in [1.82, 2.24) is 0 Å². The summed E-state index contributed by atoms with van der Waals surface area (Å²) in [6.45, 7) is 11.1. The first-order valence-corrected chi connectivity index (χ1v) is 16.2. The van der Waals surface area contributed by atoms with Crippen molar-refractivity contribution in [2.75, 3.05) is 38.4 Å². The summed E-state index contributed by atoms with van der Waals surface area (Å²) in [6.07, 6.45) is 24.0. The Bertz CT molecular complexity index is 332. The Balaban J connectivity index is 0. The van der Waals surface area contributed by atoms with E-state index in [-0.39, 0.29) is 6.61 Å². The Hall–Kier alpha value is 0.540. The molecule has 1 unspecified atom stereocenters. The van der Waals surface area contributed by atoms with Crippen LogP contribution in [-0.2, 0) is 13.6 Å². The van der Waals surface area contributed by atoms with Crippen LogP contribution in [0.5, 0.6) is 0 Å². The van der Waals surface area contributed by atoms with Gasteiger partial charge in [-0.15, -0.1) is 0 Å². The molecule has 0 saturated heterocycles. The quantitative estimate of drug-likeness (QED) is 0.147. The second kappa shape index (κ2) is 21.8. The first-order chi connectivity index (χ1) is 13.9. The van der Waals surface area contributed by atoms with Crippen LogP contribution < -0.4 is 4.89 Å². The molecule has 0 amide bonds. The molecule has 0 aliphatic carbocycles. The van der Waals surface area contributed by atoms with Gasteiger partial charge in [0.25, 0.3) is 7.82 Å². The van der Waals surface area contributed by atoms with Crippen molar-refractivity contribution in [2.45, 2.75) is 112 Å². The summed E-state index contributed by atoms with van der Waals surface area (Å²) in [4.78, 5) is 10.2. The van der Waals surface area contributed by atoms with Crippen LogP contribution in [0.15, 0.2) is 0 Å². The minimum atomic E-state index is -3.92. The number of hydrogen-bond donors (Lipinski definition) is 0. The molecule has 0 aromatic heterocycles. The molecule has 0 heterocycles. The van der Waals surface area contributed by atoms with E-state index in [0.717, 1.165) is 7.11 Å². The van der Waals surface area contributed by atoms with Gasteiger partial charge in [-0.2, -0.15) is 0 Å². The standard InChI is InChI=1S/C20H44P.C3H9O4P/c1-5-9-13-17-21(18-14-10-6-2,19-15-11-7-3)20-16-12-8-4;1-3-7-8(4,5)6-2/h5-20H2,1-4H3;3H2,1-2H3,(H,4,5)/q+1;/p-1. The van der Waals surface area contributed by atoms with Crippen LogP contribution in [0.3, 0.4) is 0 Å². The van der Waals surface area contributed by atoms with Crippen molar-refractivity contribution >= 4 is 15.1 Å². The van der Waals surface area contributed by atoms with Crippen LogP contribution in [-0.4, -0.2) is 38.4 Å². The molecule has 0 saturated carbocycles. The zero-order valence-electron chi connectivity index (χ0n) is 20.5. The van der Waals surface area contributed by atoms with E-state index in [4.69, 9.17) is 0 Å². The van der Waals surface area contributed by atoms with Crippen LogP contribution in [0.25, 0.3) is 0 Å². The third-order valence-corrected chi connectivity index (χ3v) is 11.5. The van der Waals surface area contributed by atoms with Crippen molar-refractivity contribution in [3.8, 4) is 0 Å². The molecule has 0 bridgehead atoms. The van der Waals surface area contributed by atoms with E-state index < -0.39 is 15.1 Å². The Labute approximate surface area is 183 Å². The molecule has 0 aliphatic heterocycles. The third-order valence-electron chi connectivity index (χ3n) is 5.45. The van der Waals surface area contributed by atoms with Crippen LogP contribution in [0, 0.1) is 0 Å². The molecule has 0 N–H and O–H groups in total. The number of hydrogen-bond acceptors (Lipinski definition) is 4. The number of unbranched alkanes of at least 4 members (excludes halogenated alkanes) is 8. The molecule has 4 nitrogen and oxygen atoms in total. The Morgan fingerprint density at radius 3 is 1.14 bits per heavy atom. The molecule has 0 rings (SSSR count). The van der Waals surface area contributed by atoms with Crippen molar-refractivity contribution in [2.24, 2.45) is 0 Å². The topological polar surface area (TPSA) is 58.6 Å². The Morgan fingerprint density at radius 2 is 0.966 bits per heavy atom. The minimum Gasteiger partial charge on any atom is -0.756 e. The SMILES string of the molecule is CCCCC[P+](CCCCC)(CCCCC)CCCCC.CCOP(=O)([O-])OC. The predicted molar refractivity (Wildman–Crippen MR) is 131 cm³/mol. The summed E-state index contributed by atoms with van der Waals surface area (Å²) >= 11 is 0. The molecule has 0 aromatic rings. The second-order valence-electron chi connectivity index (χ2n) is 8.11. The van der Waals surface area contributed by atoms with Gasteiger partial charge in [0.15, 0.2) is 0 Å². The molecular formula is C23H52O4P2. The van der Waals surface area contributed by atoms with E-state index in [2.05, 4.69) is 36.7 Å². The van der Waals surface area contributed by atoms with Gasteiger partial charge in [0.1, 0.15) is 0 Å². The lowest BCUT2D eigenvalue weighted by Gasteiger charge is -2.28. The fourth-order valence-corrected chi connectivity index (χ4v) is 9.01. The largest absolute Gasteiger partial charge is 0.756 e. The highest BCUT2D eigenvalue weighted by Gasteiger charge is 2.34. The molecule has 1 atom stereocenters. The van der Waals surface area contributed by atoms with Gasteiger partial charge in [-0.05, 0) is 32.6 Å². The number of phosphoric acid groups is 1. The van der Waals surface area contributed by atoms with E-state index >= 15 is 0 Å². The fraction of sp³-hybridized carbons (Fsp3) is 1.00. The average molecular weight is 455 g/mol. The summed E-state index contributed by atoms with van der Waals surface area (Å²) in [5.74, 6) is 0. The lowest BCUT2D eigenvalue weighted by molar-refractivity contribution is -0.222.